The summed E-state index contributed by atoms with van der Waals surface area (Å²) in [4.78, 5) is 0. The van der Waals surface area contributed by atoms with Crippen LogP contribution in [-0.2, 0) is 0 Å². The largest absolute Gasteiger partial charge is 0.324 e. The van der Waals surface area contributed by atoms with Crippen LogP contribution in [0.15, 0.2) is 30.3 Å². The highest BCUT2D eigenvalue weighted by atomic mass is 15.3. The first-order chi connectivity index (χ1) is 6.73. The van der Waals surface area contributed by atoms with Crippen molar-refractivity contribution in [1.82, 2.24) is 0 Å². The van der Waals surface area contributed by atoms with E-state index in [1.807, 2.05) is 0 Å². The van der Waals surface area contributed by atoms with Gasteiger partial charge in [0.1, 0.15) is 6.04 Å². The molecule has 15 heavy (non-hydrogen) atoms. The minimum atomic E-state index is 0.277. The average molecular weight is 206 g/mol. The van der Waals surface area contributed by atoms with Crippen LogP contribution in [0.4, 0.5) is 0 Å². The first-order valence-corrected chi connectivity index (χ1v) is 5.59. The van der Waals surface area contributed by atoms with E-state index in [9.17, 15) is 0 Å². The van der Waals surface area contributed by atoms with Crippen LogP contribution in [-0.4, -0.2) is 25.6 Å². The predicted molar refractivity (Wildman–Crippen MR) is 66.7 cm³/mol. The zero-order valence-electron chi connectivity index (χ0n) is 10.9. The number of nitrogens with zero attached hydrogens (tertiary/aromatic N) is 1. The van der Waals surface area contributed by atoms with Gasteiger partial charge >= 0.3 is 0 Å². The van der Waals surface area contributed by atoms with E-state index in [1.165, 1.54) is 5.56 Å². The van der Waals surface area contributed by atoms with E-state index >= 15 is 0 Å². The van der Waals surface area contributed by atoms with Crippen molar-refractivity contribution >= 4 is 0 Å². The second kappa shape index (κ2) is 3.97. The molecule has 0 radical (unpaired) electrons. The lowest BCUT2D eigenvalue weighted by Gasteiger charge is -2.42. The number of benzene rings is 1. The van der Waals surface area contributed by atoms with Crippen LogP contribution >= 0.6 is 0 Å². The zero-order valence-corrected chi connectivity index (χ0v) is 10.9. The summed E-state index contributed by atoms with van der Waals surface area (Å²) in [6.45, 7) is 6.94. The third-order valence-corrected chi connectivity index (χ3v) is 2.71. The Balaban J connectivity index is 3.15. The normalized spacial score (nSPS) is 15.1. The third-order valence-electron chi connectivity index (χ3n) is 2.71. The van der Waals surface area contributed by atoms with Crippen molar-refractivity contribution in [2.75, 3.05) is 21.1 Å². The molecular formula is C14H24N+. The van der Waals surface area contributed by atoms with Gasteiger partial charge in [0.05, 0.1) is 21.1 Å². The summed E-state index contributed by atoms with van der Waals surface area (Å²) in [5.41, 5.74) is 1.71. The summed E-state index contributed by atoms with van der Waals surface area (Å²) < 4.78 is 0.966. The van der Waals surface area contributed by atoms with Gasteiger partial charge in [0.25, 0.3) is 0 Å². The van der Waals surface area contributed by atoms with Gasteiger partial charge in [0.15, 0.2) is 0 Å². The fourth-order valence-electron chi connectivity index (χ4n) is 2.74. The lowest BCUT2D eigenvalue weighted by Crippen LogP contribution is -2.45. The standard InChI is InChI=1S/C14H24N/c1-14(2,3)13(15(4,5)6)12-10-8-7-9-11-12/h7-11,13H,1-6H3/q+1/t13-/m1/s1. The molecule has 0 saturated carbocycles. The highest BCUT2D eigenvalue weighted by Gasteiger charge is 2.36. The summed E-state index contributed by atoms with van der Waals surface area (Å²) in [5.74, 6) is 0. The summed E-state index contributed by atoms with van der Waals surface area (Å²) in [6, 6.07) is 11.3. The molecule has 1 atom stereocenters. The fraction of sp³-hybridized carbons (Fsp3) is 0.571. The van der Waals surface area contributed by atoms with Gasteiger partial charge in [-0.15, -0.1) is 0 Å². The Morgan fingerprint density at radius 3 is 1.73 bits per heavy atom. The van der Waals surface area contributed by atoms with E-state index in [2.05, 4.69) is 72.2 Å². The van der Waals surface area contributed by atoms with E-state index in [1.54, 1.807) is 0 Å². The molecule has 1 rings (SSSR count). The maximum Gasteiger partial charge on any atom is 0.119 e. The van der Waals surface area contributed by atoms with Gasteiger partial charge in [-0.05, 0) is 0 Å². The smallest absolute Gasteiger partial charge is 0.119 e. The number of rotatable bonds is 2. The summed E-state index contributed by atoms with van der Waals surface area (Å²) in [6.07, 6.45) is 0. The van der Waals surface area contributed by atoms with Crippen LogP contribution in [0.25, 0.3) is 0 Å². The molecule has 0 spiro atoms. The van der Waals surface area contributed by atoms with E-state index in [4.69, 9.17) is 0 Å². The van der Waals surface area contributed by atoms with Crippen LogP contribution in [0, 0.1) is 5.41 Å². The zero-order chi connectivity index (χ0) is 11.7. The quantitative estimate of drug-likeness (QED) is 0.650. The van der Waals surface area contributed by atoms with Gasteiger partial charge in [-0.25, -0.2) is 0 Å². The first-order valence-electron chi connectivity index (χ1n) is 5.59. The minimum Gasteiger partial charge on any atom is -0.324 e. The van der Waals surface area contributed by atoms with E-state index in [0.29, 0.717) is 6.04 Å². The lowest BCUT2D eigenvalue weighted by molar-refractivity contribution is -0.910. The minimum absolute atomic E-state index is 0.277. The molecule has 0 aliphatic carbocycles. The van der Waals surface area contributed by atoms with Crippen LogP contribution < -0.4 is 0 Å². The Morgan fingerprint density at radius 1 is 0.933 bits per heavy atom. The molecule has 0 aromatic heterocycles. The highest BCUT2D eigenvalue weighted by Crippen LogP contribution is 2.39. The molecule has 0 aliphatic rings. The van der Waals surface area contributed by atoms with Crippen molar-refractivity contribution < 1.29 is 4.48 Å². The monoisotopic (exact) mass is 206 g/mol. The topological polar surface area (TPSA) is 0 Å². The second-order valence-corrected chi connectivity index (χ2v) is 6.30. The van der Waals surface area contributed by atoms with Crippen LogP contribution in [0.5, 0.6) is 0 Å². The van der Waals surface area contributed by atoms with Crippen LogP contribution in [0.1, 0.15) is 32.4 Å². The van der Waals surface area contributed by atoms with Gasteiger partial charge in [-0.3, -0.25) is 0 Å². The maximum atomic E-state index is 2.31. The molecule has 1 heteroatoms. The number of quaternary nitrogens is 1. The molecule has 1 aromatic carbocycles. The van der Waals surface area contributed by atoms with Gasteiger partial charge in [-0.2, -0.15) is 0 Å². The van der Waals surface area contributed by atoms with Gasteiger partial charge in [0, 0.05) is 11.0 Å². The molecule has 0 saturated heterocycles. The fourth-order valence-corrected chi connectivity index (χ4v) is 2.74. The SMILES string of the molecule is CC(C)(C)[C@@H](c1ccccc1)[N+](C)(C)C. The summed E-state index contributed by atoms with van der Waals surface area (Å²) >= 11 is 0. The Morgan fingerprint density at radius 2 is 1.40 bits per heavy atom. The molecule has 0 amide bonds. The van der Waals surface area contributed by atoms with Crippen LogP contribution in [0.2, 0.25) is 0 Å². The van der Waals surface area contributed by atoms with E-state index < -0.39 is 0 Å². The van der Waals surface area contributed by atoms with Gasteiger partial charge in [0.2, 0.25) is 0 Å². The molecular weight excluding hydrogens is 182 g/mol. The molecule has 84 valence electrons. The molecule has 0 heterocycles. The first kappa shape index (κ1) is 12.3. The van der Waals surface area contributed by atoms with Crippen molar-refractivity contribution in [2.45, 2.75) is 26.8 Å². The molecule has 1 nitrogen and oxygen atoms in total. The Bertz CT molecular complexity index is 286. The van der Waals surface area contributed by atoms with Crippen molar-refractivity contribution in [3.8, 4) is 0 Å². The van der Waals surface area contributed by atoms with Crippen molar-refractivity contribution in [3.63, 3.8) is 0 Å². The maximum absolute atomic E-state index is 2.31. The van der Waals surface area contributed by atoms with Gasteiger partial charge in [-0.1, -0.05) is 51.1 Å². The Kier molecular flexibility index (Phi) is 3.25. The lowest BCUT2D eigenvalue weighted by atomic mass is 9.80. The Hall–Kier alpha value is -0.820. The van der Waals surface area contributed by atoms with Crippen molar-refractivity contribution in [2.24, 2.45) is 5.41 Å². The van der Waals surface area contributed by atoms with Crippen molar-refractivity contribution in [1.29, 1.82) is 0 Å². The summed E-state index contributed by atoms with van der Waals surface area (Å²) in [7, 11) is 6.80. The number of hydrogen-bond acceptors (Lipinski definition) is 0. The molecule has 0 N–H and O–H groups in total. The number of hydrogen-bond donors (Lipinski definition) is 0. The Labute approximate surface area is 94.3 Å². The third kappa shape index (κ3) is 3.07. The molecule has 1 aromatic rings. The summed E-state index contributed by atoms with van der Waals surface area (Å²) in [5, 5.41) is 0. The van der Waals surface area contributed by atoms with Crippen LogP contribution in [0.3, 0.4) is 0 Å². The van der Waals surface area contributed by atoms with E-state index in [-0.39, 0.29) is 5.41 Å². The highest BCUT2D eigenvalue weighted by molar-refractivity contribution is 5.19. The molecule has 0 fully saturated rings. The average Bonchev–Trinajstić information content (AvgIpc) is 2.00. The van der Waals surface area contributed by atoms with Gasteiger partial charge < -0.3 is 4.48 Å². The van der Waals surface area contributed by atoms with E-state index in [0.717, 1.165) is 4.48 Å². The molecule has 0 unspecified atom stereocenters. The predicted octanol–water partition coefficient (Wildman–Crippen LogP) is 3.48. The second-order valence-electron chi connectivity index (χ2n) is 6.30. The van der Waals surface area contributed by atoms with Crippen molar-refractivity contribution in [3.05, 3.63) is 35.9 Å². The molecule has 0 aliphatic heterocycles. The molecule has 0 bridgehead atoms.